The van der Waals surface area contributed by atoms with Crippen LogP contribution in [0.4, 0.5) is 0 Å². The van der Waals surface area contributed by atoms with E-state index in [9.17, 15) is 19.5 Å². The molecule has 0 aliphatic carbocycles. The topological polar surface area (TPSA) is 108 Å². The van der Waals surface area contributed by atoms with Gasteiger partial charge in [0, 0.05) is 12.8 Å². The molecule has 0 aliphatic rings. The molecule has 9 nitrogen and oxygen atoms in total. The summed E-state index contributed by atoms with van der Waals surface area (Å²) >= 11 is 0. The van der Waals surface area contributed by atoms with Gasteiger partial charge in [0.05, 0.1) is 34.4 Å². The molecular weight excluding hydrogens is 1110 g/mol. The van der Waals surface area contributed by atoms with Crippen molar-refractivity contribution in [3.63, 3.8) is 0 Å². The Kier molecular flexibility index (Phi) is 70.8. The van der Waals surface area contributed by atoms with Gasteiger partial charge in [0.1, 0.15) is 13.2 Å². The number of hydrogen-bond donors (Lipinski definition) is 1. The van der Waals surface area contributed by atoms with Gasteiger partial charge in [0.2, 0.25) is 0 Å². The van der Waals surface area contributed by atoms with Crippen LogP contribution in [0.15, 0.2) is 24.3 Å². The molecule has 90 heavy (non-hydrogen) atoms. The second-order valence-electron chi connectivity index (χ2n) is 28.7. The van der Waals surface area contributed by atoms with Crippen LogP contribution in [0.3, 0.4) is 0 Å². The van der Waals surface area contributed by atoms with E-state index >= 15 is 0 Å². The van der Waals surface area contributed by atoms with Crippen LogP contribution in [-0.2, 0) is 33.3 Å². The maximum Gasteiger partial charge on any atom is 0.361 e. The summed E-state index contributed by atoms with van der Waals surface area (Å²) in [5.41, 5.74) is 0. The Labute approximate surface area is 560 Å². The van der Waals surface area contributed by atoms with Crippen LogP contribution in [0.25, 0.3) is 0 Å². The molecule has 0 aromatic heterocycles. The molecule has 0 radical (unpaired) electrons. The third-order valence-electron chi connectivity index (χ3n) is 18.5. The number of ether oxygens (including phenoxy) is 4. The first kappa shape index (κ1) is 87.8. The fourth-order valence-electron chi connectivity index (χ4n) is 12.3. The smallest absolute Gasteiger partial charge is 0.361 e. The highest BCUT2D eigenvalue weighted by molar-refractivity contribution is 5.71. The first-order valence-corrected chi connectivity index (χ1v) is 40.0. The molecule has 0 heterocycles. The molecule has 0 aliphatic heterocycles. The van der Waals surface area contributed by atoms with E-state index in [4.69, 9.17) is 18.9 Å². The molecule has 0 saturated carbocycles. The highest BCUT2D eigenvalue weighted by atomic mass is 16.7. The zero-order valence-corrected chi connectivity index (χ0v) is 61.1. The first-order chi connectivity index (χ1) is 44.1. The highest BCUT2D eigenvalue weighted by Crippen LogP contribution is 2.20. The maximum atomic E-state index is 13.0. The number of carbonyl (C=O) groups is 3. The predicted molar refractivity (Wildman–Crippen MR) is 388 cm³/mol. The van der Waals surface area contributed by atoms with Gasteiger partial charge in [0.25, 0.3) is 6.29 Å². The Bertz CT molecular complexity index is 1530. The van der Waals surface area contributed by atoms with E-state index < -0.39 is 18.4 Å². The number of carboxylic acids is 1. The number of unbranched alkanes of at least 4 members (excludes halogenated alkanes) is 57. The van der Waals surface area contributed by atoms with Crippen LogP contribution in [0.2, 0.25) is 0 Å². The van der Waals surface area contributed by atoms with Crippen LogP contribution in [0.1, 0.15) is 418 Å². The molecule has 0 amide bonds. The number of esters is 2. The van der Waals surface area contributed by atoms with Crippen molar-refractivity contribution in [1.29, 1.82) is 0 Å². The van der Waals surface area contributed by atoms with Crippen molar-refractivity contribution in [2.45, 2.75) is 431 Å². The lowest BCUT2D eigenvalue weighted by Gasteiger charge is -2.25. The number of carboxylic acid groups (broad SMARTS) is 1. The van der Waals surface area contributed by atoms with Crippen molar-refractivity contribution in [2.24, 2.45) is 0 Å². The Morgan fingerprint density at radius 1 is 0.333 bits per heavy atom. The van der Waals surface area contributed by atoms with E-state index in [0.717, 1.165) is 44.9 Å². The summed E-state index contributed by atoms with van der Waals surface area (Å²) in [7, 11) is 6.00. The normalized spacial score (nSPS) is 12.7. The van der Waals surface area contributed by atoms with E-state index in [1.807, 2.05) is 21.1 Å². The summed E-state index contributed by atoms with van der Waals surface area (Å²) in [6, 6.07) is 0. The largest absolute Gasteiger partial charge is 0.477 e. The molecule has 532 valence electrons. The highest BCUT2D eigenvalue weighted by Gasteiger charge is 2.25. The van der Waals surface area contributed by atoms with Gasteiger partial charge in [-0.05, 0) is 44.9 Å². The predicted octanol–water partition coefficient (Wildman–Crippen LogP) is 25.3. The average molecular weight is 1270 g/mol. The SMILES string of the molecule is CCCCCCC/C=C\C/C=C\CCCCCCCCCCCCCCCCCCCCCCCCCCCCCCCC(=O)OC(COC(=O)CCCCCCCCCCCCCCCCCCCCCCCCCC)COC(OCC[N+](C)(C)C)C(=O)O. The van der Waals surface area contributed by atoms with Gasteiger partial charge in [-0.1, -0.05) is 385 Å². The standard InChI is InChI=1S/C81H155NO8/c1-6-8-10-12-14-16-18-20-22-24-26-28-30-32-33-34-35-36-37-38-39-40-41-42-43-44-45-46-47-48-50-52-54-56-58-60-62-64-66-68-70-72-79(84)90-77(76-89-81(80(85)86)87-74-73-82(3,4)5)75-88-78(83)71-69-67-65-63-61-59-57-55-53-51-49-31-29-27-25-23-21-19-17-15-13-11-9-7-2/h18,20,24,26,77,81H,6-17,19,21-23,25,27-76H2,1-5H3/p+1/b20-18-,26-24-. The van der Waals surface area contributed by atoms with Gasteiger partial charge >= 0.3 is 17.9 Å². The molecular formula is C81H156NO8+. The molecule has 0 aromatic carbocycles. The van der Waals surface area contributed by atoms with Crippen molar-refractivity contribution in [1.82, 2.24) is 0 Å². The zero-order valence-electron chi connectivity index (χ0n) is 61.1. The first-order valence-electron chi connectivity index (χ1n) is 40.0. The molecule has 0 bridgehead atoms. The van der Waals surface area contributed by atoms with Crippen molar-refractivity contribution in [3.8, 4) is 0 Å². The number of nitrogens with zero attached hydrogens (tertiary/aromatic N) is 1. The lowest BCUT2D eigenvalue weighted by Crippen LogP contribution is -2.40. The van der Waals surface area contributed by atoms with E-state index in [0.29, 0.717) is 17.4 Å². The molecule has 0 aromatic rings. The van der Waals surface area contributed by atoms with Crippen LogP contribution >= 0.6 is 0 Å². The van der Waals surface area contributed by atoms with Gasteiger partial charge in [0.15, 0.2) is 6.10 Å². The second-order valence-corrected chi connectivity index (χ2v) is 28.7. The Hall–Kier alpha value is -2.23. The van der Waals surface area contributed by atoms with Crippen molar-refractivity contribution in [3.05, 3.63) is 24.3 Å². The van der Waals surface area contributed by atoms with Crippen LogP contribution in [-0.4, -0.2) is 87.4 Å². The molecule has 1 N–H and O–H groups in total. The monoisotopic (exact) mass is 1270 g/mol. The van der Waals surface area contributed by atoms with Crippen molar-refractivity contribution >= 4 is 17.9 Å². The van der Waals surface area contributed by atoms with Gasteiger partial charge in [-0.2, -0.15) is 0 Å². The van der Waals surface area contributed by atoms with Crippen LogP contribution in [0.5, 0.6) is 0 Å². The van der Waals surface area contributed by atoms with Crippen LogP contribution in [0, 0.1) is 0 Å². The van der Waals surface area contributed by atoms with Gasteiger partial charge in [-0.3, -0.25) is 9.59 Å². The molecule has 2 unspecified atom stereocenters. The number of aliphatic carboxylic acids is 1. The third kappa shape index (κ3) is 73.2. The molecule has 0 saturated heterocycles. The molecule has 9 heteroatoms. The minimum absolute atomic E-state index is 0.173. The lowest BCUT2D eigenvalue weighted by molar-refractivity contribution is -0.870. The summed E-state index contributed by atoms with van der Waals surface area (Å²) in [6.07, 6.45) is 89.2. The summed E-state index contributed by atoms with van der Waals surface area (Å²) in [5, 5.41) is 9.76. The van der Waals surface area contributed by atoms with E-state index in [2.05, 4.69) is 38.2 Å². The van der Waals surface area contributed by atoms with E-state index in [-0.39, 0.29) is 38.2 Å². The number of likely N-dealkylation sites (N-methyl/N-ethyl adjacent to an activating group) is 1. The summed E-state index contributed by atoms with van der Waals surface area (Å²) in [5.74, 6) is -1.97. The van der Waals surface area contributed by atoms with E-state index in [1.54, 1.807) is 0 Å². The number of quaternary nitrogens is 1. The van der Waals surface area contributed by atoms with Crippen LogP contribution < -0.4 is 0 Å². The number of allylic oxidation sites excluding steroid dienone is 4. The number of rotatable bonds is 76. The van der Waals surface area contributed by atoms with Crippen molar-refractivity contribution in [2.75, 3.05) is 47.5 Å². The quantitative estimate of drug-likeness (QED) is 0.0211. The fourth-order valence-corrected chi connectivity index (χ4v) is 12.3. The minimum atomic E-state index is -1.51. The Balaban J connectivity index is 3.91. The molecule has 0 rings (SSSR count). The Morgan fingerprint density at radius 2 is 0.600 bits per heavy atom. The van der Waals surface area contributed by atoms with Crippen molar-refractivity contribution < 1.29 is 42.9 Å². The zero-order chi connectivity index (χ0) is 65.4. The average Bonchev–Trinajstić information content (AvgIpc) is 3.73. The van der Waals surface area contributed by atoms with Gasteiger partial charge in [-0.25, -0.2) is 4.79 Å². The lowest BCUT2D eigenvalue weighted by atomic mass is 10.0. The maximum absolute atomic E-state index is 13.0. The summed E-state index contributed by atoms with van der Waals surface area (Å²) in [6.45, 7) is 4.96. The number of hydrogen-bond acceptors (Lipinski definition) is 7. The van der Waals surface area contributed by atoms with Gasteiger partial charge in [-0.15, -0.1) is 0 Å². The summed E-state index contributed by atoms with van der Waals surface area (Å²) < 4.78 is 23.1. The summed E-state index contributed by atoms with van der Waals surface area (Å²) in [4.78, 5) is 37.7. The second kappa shape index (κ2) is 72.6. The van der Waals surface area contributed by atoms with Gasteiger partial charge < -0.3 is 28.5 Å². The molecule has 0 fully saturated rings. The fraction of sp³-hybridized carbons (Fsp3) is 0.914. The van der Waals surface area contributed by atoms with E-state index in [1.165, 1.54) is 347 Å². The molecule has 2 atom stereocenters. The Morgan fingerprint density at radius 3 is 0.878 bits per heavy atom. The number of carbonyl (C=O) groups excluding carboxylic acids is 2. The third-order valence-corrected chi connectivity index (χ3v) is 18.5. The molecule has 0 spiro atoms. The minimum Gasteiger partial charge on any atom is -0.477 e.